The maximum absolute atomic E-state index is 13.1. The van der Waals surface area contributed by atoms with E-state index in [0.717, 1.165) is 4.31 Å². The number of carbonyl (C=O) groups excluding carboxylic acids is 1. The molecule has 25 heavy (non-hydrogen) atoms. The van der Waals surface area contributed by atoms with E-state index in [1.165, 1.54) is 24.3 Å². The average Bonchev–Trinajstić information content (AvgIpc) is 2.57. The zero-order valence-electron chi connectivity index (χ0n) is 14.9. The Morgan fingerprint density at radius 1 is 1.32 bits per heavy atom. The maximum atomic E-state index is 13.1. The summed E-state index contributed by atoms with van der Waals surface area (Å²) in [6.45, 7) is 7.47. The summed E-state index contributed by atoms with van der Waals surface area (Å²) in [5, 5.41) is 18.0. The number of sulfonamides is 1. The third-order valence-electron chi connectivity index (χ3n) is 3.82. The molecule has 138 valence electrons. The molecule has 8 heteroatoms. The fraction of sp³-hybridized carbons (Fsp3) is 0.529. The Kier molecular flexibility index (Phi) is 7.55. The molecule has 0 aliphatic rings. The number of benzene rings is 1. The third kappa shape index (κ3) is 5.26. The van der Waals surface area contributed by atoms with Crippen molar-refractivity contribution in [2.24, 2.45) is 11.8 Å². The van der Waals surface area contributed by atoms with Gasteiger partial charge in [-0.15, -0.1) is 0 Å². The van der Waals surface area contributed by atoms with Gasteiger partial charge in [-0.05, 0) is 36.5 Å². The molecule has 0 aliphatic carbocycles. The van der Waals surface area contributed by atoms with Gasteiger partial charge >= 0.3 is 0 Å². The number of hydrogen-bond donors (Lipinski definition) is 2. The van der Waals surface area contributed by atoms with Crippen LogP contribution < -0.4 is 5.48 Å². The van der Waals surface area contributed by atoms with Crippen LogP contribution in [0.15, 0.2) is 29.2 Å². The quantitative estimate of drug-likeness (QED) is 0.540. The monoisotopic (exact) mass is 367 g/mol. The zero-order chi connectivity index (χ0) is 19.2. The minimum atomic E-state index is -4.02. The number of amides is 1. The van der Waals surface area contributed by atoms with Crippen molar-refractivity contribution in [2.45, 2.75) is 45.1 Å². The largest absolute Gasteiger partial charge is 0.289 e. The van der Waals surface area contributed by atoms with E-state index in [1.54, 1.807) is 19.3 Å². The van der Waals surface area contributed by atoms with Crippen LogP contribution in [-0.4, -0.2) is 36.4 Å². The van der Waals surface area contributed by atoms with Gasteiger partial charge in [0.1, 0.15) is 6.04 Å². The molecule has 0 radical (unpaired) electrons. The first kappa shape index (κ1) is 21.1. The topological polar surface area (TPSA) is 110 Å². The summed E-state index contributed by atoms with van der Waals surface area (Å²) in [4.78, 5) is 12.1. The van der Waals surface area contributed by atoms with Crippen molar-refractivity contribution in [3.63, 3.8) is 0 Å². The number of rotatable bonds is 8. The van der Waals surface area contributed by atoms with E-state index in [-0.39, 0.29) is 28.8 Å². The van der Waals surface area contributed by atoms with E-state index >= 15 is 0 Å². The summed E-state index contributed by atoms with van der Waals surface area (Å²) in [6.07, 6.45) is 0.555. The zero-order valence-corrected chi connectivity index (χ0v) is 15.7. The molecule has 0 saturated carbocycles. The van der Waals surface area contributed by atoms with Crippen molar-refractivity contribution in [2.75, 3.05) is 6.54 Å². The fourth-order valence-corrected chi connectivity index (χ4v) is 4.27. The predicted octanol–water partition coefficient (Wildman–Crippen LogP) is 2.13. The van der Waals surface area contributed by atoms with Crippen molar-refractivity contribution >= 4 is 15.9 Å². The second kappa shape index (κ2) is 8.94. The van der Waals surface area contributed by atoms with Crippen LogP contribution in [0.3, 0.4) is 0 Å². The highest BCUT2D eigenvalue weighted by Gasteiger charge is 2.37. The second-order valence-corrected chi connectivity index (χ2v) is 8.49. The van der Waals surface area contributed by atoms with Crippen LogP contribution in [0, 0.1) is 23.2 Å². The molecule has 1 amide bonds. The third-order valence-corrected chi connectivity index (χ3v) is 5.69. The van der Waals surface area contributed by atoms with E-state index in [9.17, 15) is 13.2 Å². The molecule has 1 aromatic carbocycles. The molecule has 1 rings (SSSR count). The lowest BCUT2D eigenvalue weighted by Crippen LogP contribution is -2.52. The summed E-state index contributed by atoms with van der Waals surface area (Å²) >= 11 is 0. The first-order valence-electron chi connectivity index (χ1n) is 8.11. The Hall–Kier alpha value is -1.95. The predicted molar refractivity (Wildman–Crippen MR) is 93.1 cm³/mol. The Morgan fingerprint density at radius 3 is 2.44 bits per heavy atom. The van der Waals surface area contributed by atoms with Crippen LogP contribution in [0.25, 0.3) is 0 Å². The molecule has 0 saturated heterocycles. The molecule has 2 N–H and O–H groups in total. The SMILES string of the molecule is CC(C)CCN([C@@H](C(=O)NO)C(C)C)S(=O)(=O)c1cccc(C#N)c1. The summed E-state index contributed by atoms with van der Waals surface area (Å²) < 4.78 is 27.4. The minimum Gasteiger partial charge on any atom is -0.289 e. The van der Waals surface area contributed by atoms with Gasteiger partial charge < -0.3 is 0 Å². The number of nitrogens with one attached hydrogen (secondary N) is 1. The molecule has 0 unspecified atom stereocenters. The van der Waals surface area contributed by atoms with Crippen LogP contribution >= 0.6 is 0 Å². The van der Waals surface area contributed by atoms with E-state index in [4.69, 9.17) is 10.5 Å². The molecule has 0 spiro atoms. The number of carbonyl (C=O) groups is 1. The highest BCUT2D eigenvalue weighted by molar-refractivity contribution is 7.89. The van der Waals surface area contributed by atoms with Crippen LogP contribution in [0.4, 0.5) is 0 Å². The van der Waals surface area contributed by atoms with Crippen molar-refractivity contribution in [1.82, 2.24) is 9.79 Å². The van der Waals surface area contributed by atoms with Crippen molar-refractivity contribution in [3.8, 4) is 6.07 Å². The van der Waals surface area contributed by atoms with Crippen LogP contribution in [0.1, 0.15) is 39.7 Å². The lowest BCUT2D eigenvalue weighted by molar-refractivity contribution is -0.134. The normalized spacial score (nSPS) is 13.1. The summed E-state index contributed by atoms with van der Waals surface area (Å²) in [6, 6.07) is 6.54. The highest BCUT2D eigenvalue weighted by Crippen LogP contribution is 2.24. The summed E-state index contributed by atoms with van der Waals surface area (Å²) in [7, 11) is -4.02. The molecular formula is C17H25N3O4S. The first-order valence-corrected chi connectivity index (χ1v) is 9.55. The van der Waals surface area contributed by atoms with Gasteiger partial charge in [-0.25, -0.2) is 13.9 Å². The van der Waals surface area contributed by atoms with E-state index in [0.29, 0.717) is 6.42 Å². The van der Waals surface area contributed by atoms with E-state index < -0.39 is 22.0 Å². The molecule has 0 aliphatic heterocycles. The molecule has 0 aromatic heterocycles. The van der Waals surface area contributed by atoms with Crippen molar-refractivity contribution in [1.29, 1.82) is 5.26 Å². The first-order chi connectivity index (χ1) is 11.6. The Morgan fingerprint density at radius 2 is 1.96 bits per heavy atom. The Balaban J connectivity index is 3.42. The van der Waals surface area contributed by atoms with E-state index in [1.807, 2.05) is 19.9 Å². The van der Waals surface area contributed by atoms with Gasteiger partial charge in [0.2, 0.25) is 10.0 Å². The Bertz CT molecular complexity index is 739. The molecular weight excluding hydrogens is 342 g/mol. The number of hydroxylamine groups is 1. The van der Waals surface area contributed by atoms with Gasteiger partial charge in [0.25, 0.3) is 5.91 Å². The molecule has 1 atom stereocenters. The summed E-state index contributed by atoms with van der Waals surface area (Å²) in [5.41, 5.74) is 1.78. The molecule has 0 bridgehead atoms. The lowest BCUT2D eigenvalue weighted by Gasteiger charge is -2.32. The van der Waals surface area contributed by atoms with Gasteiger partial charge in [0.05, 0.1) is 16.5 Å². The molecule has 1 aromatic rings. The molecule has 0 heterocycles. The van der Waals surface area contributed by atoms with E-state index in [2.05, 4.69) is 0 Å². The number of hydrogen-bond acceptors (Lipinski definition) is 5. The molecule has 0 fully saturated rings. The minimum absolute atomic E-state index is 0.0494. The highest BCUT2D eigenvalue weighted by atomic mass is 32.2. The van der Waals surface area contributed by atoms with Crippen LogP contribution in [0.2, 0.25) is 0 Å². The van der Waals surface area contributed by atoms with Gasteiger partial charge in [0, 0.05) is 6.54 Å². The number of nitrogens with zero attached hydrogens (tertiary/aromatic N) is 2. The van der Waals surface area contributed by atoms with Crippen LogP contribution in [0.5, 0.6) is 0 Å². The standard InChI is InChI=1S/C17H25N3O4S/c1-12(2)8-9-20(16(13(3)4)17(21)19-22)25(23,24)15-7-5-6-14(10-15)11-18/h5-7,10,12-13,16,22H,8-9H2,1-4H3,(H,19,21)/t16-/m1/s1. The second-order valence-electron chi connectivity index (χ2n) is 6.60. The van der Waals surface area contributed by atoms with Gasteiger partial charge in [-0.3, -0.25) is 10.0 Å². The molecule has 7 nitrogen and oxygen atoms in total. The van der Waals surface area contributed by atoms with Gasteiger partial charge in [0.15, 0.2) is 0 Å². The summed E-state index contributed by atoms with van der Waals surface area (Å²) in [5.74, 6) is -0.903. The lowest BCUT2D eigenvalue weighted by atomic mass is 10.0. The Labute approximate surface area is 149 Å². The maximum Gasteiger partial charge on any atom is 0.262 e. The fourth-order valence-electron chi connectivity index (χ4n) is 2.49. The van der Waals surface area contributed by atoms with Gasteiger partial charge in [-0.1, -0.05) is 33.8 Å². The smallest absolute Gasteiger partial charge is 0.262 e. The van der Waals surface area contributed by atoms with Crippen molar-refractivity contribution in [3.05, 3.63) is 29.8 Å². The number of nitriles is 1. The van der Waals surface area contributed by atoms with Crippen molar-refractivity contribution < 1.29 is 18.4 Å². The van der Waals surface area contributed by atoms with Gasteiger partial charge in [-0.2, -0.15) is 9.57 Å². The average molecular weight is 367 g/mol. The van der Waals surface area contributed by atoms with Crippen LogP contribution in [-0.2, 0) is 14.8 Å².